The van der Waals surface area contributed by atoms with Crippen LogP contribution in [0.4, 0.5) is 5.69 Å². The highest BCUT2D eigenvalue weighted by atomic mass is 32.1. The number of hydrogen-bond donors (Lipinski definition) is 1. The quantitative estimate of drug-likeness (QED) is 0.865. The minimum absolute atomic E-state index is 0.648. The fourth-order valence-corrected chi connectivity index (χ4v) is 1.89. The Labute approximate surface area is 119 Å². The van der Waals surface area contributed by atoms with Gasteiger partial charge in [-0.1, -0.05) is 18.3 Å². The summed E-state index contributed by atoms with van der Waals surface area (Å²) < 4.78 is 0. The average Bonchev–Trinajstić information content (AvgIpc) is 2.46. The van der Waals surface area contributed by atoms with Crippen molar-refractivity contribution in [2.45, 2.75) is 6.54 Å². The van der Waals surface area contributed by atoms with Gasteiger partial charge < -0.3 is 10.2 Å². The lowest BCUT2D eigenvalue weighted by atomic mass is 10.2. The van der Waals surface area contributed by atoms with Crippen molar-refractivity contribution in [2.75, 3.05) is 19.0 Å². The maximum Gasteiger partial charge on any atom is 0.106 e. The van der Waals surface area contributed by atoms with Crippen LogP contribution in [0.1, 0.15) is 11.3 Å². The second kappa shape index (κ2) is 6.29. The van der Waals surface area contributed by atoms with Gasteiger partial charge in [0.1, 0.15) is 4.99 Å². The molecular weight excluding hydrogens is 254 g/mol. The number of pyridine rings is 1. The molecule has 0 fully saturated rings. The molecule has 19 heavy (non-hydrogen) atoms. The minimum atomic E-state index is 0.648. The molecule has 0 saturated carbocycles. The van der Waals surface area contributed by atoms with Crippen LogP contribution in [0, 0.1) is 0 Å². The minimum Gasteiger partial charge on any atom is -0.378 e. The van der Waals surface area contributed by atoms with Gasteiger partial charge in [-0.25, -0.2) is 0 Å². The van der Waals surface area contributed by atoms with Gasteiger partial charge >= 0.3 is 0 Å². The van der Waals surface area contributed by atoms with Crippen LogP contribution in [0.5, 0.6) is 0 Å². The molecule has 1 N–H and O–H groups in total. The van der Waals surface area contributed by atoms with Crippen molar-refractivity contribution in [3.8, 4) is 0 Å². The molecule has 1 aromatic carbocycles. The molecule has 2 aromatic rings. The monoisotopic (exact) mass is 271 g/mol. The molecule has 0 amide bonds. The lowest BCUT2D eigenvalue weighted by molar-refractivity contribution is 0.884. The van der Waals surface area contributed by atoms with Gasteiger partial charge in [-0.15, -0.1) is 0 Å². The average molecular weight is 271 g/mol. The molecule has 0 atom stereocenters. The van der Waals surface area contributed by atoms with Gasteiger partial charge in [-0.3, -0.25) is 4.98 Å². The van der Waals surface area contributed by atoms with Crippen LogP contribution < -0.4 is 10.2 Å². The summed E-state index contributed by atoms with van der Waals surface area (Å²) in [6, 6.07) is 14.0. The molecule has 0 unspecified atom stereocenters. The van der Waals surface area contributed by atoms with E-state index in [0.717, 1.165) is 21.9 Å². The topological polar surface area (TPSA) is 28.2 Å². The molecule has 2 rings (SSSR count). The molecule has 0 bridgehead atoms. The number of aromatic nitrogens is 1. The summed E-state index contributed by atoms with van der Waals surface area (Å²) in [5, 5.41) is 3.22. The maximum absolute atomic E-state index is 5.38. The van der Waals surface area contributed by atoms with Crippen molar-refractivity contribution < 1.29 is 0 Å². The Morgan fingerprint density at radius 1 is 1.16 bits per heavy atom. The number of nitrogens with zero attached hydrogens (tertiary/aromatic N) is 2. The van der Waals surface area contributed by atoms with Gasteiger partial charge in [-0.2, -0.15) is 0 Å². The summed E-state index contributed by atoms with van der Waals surface area (Å²) in [4.78, 5) is 7.06. The molecule has 0 spiro atoms. The van der Waals surface area contributed by atoms with E-state index in [0.29, 0.717) is 6.54 Å². The SMILES string of the molecule is CN(C)c1ccc(C(=S)NCc2ccccn2)cc1. The smallest absolute Gasteiger partial charge is 0.106 e. The highest BCUT2D eigenvalue weighted by molar-refractivity contribution is 7.80. The highest BCUT2D eigenvalue weighted by Crippen LogP contribution is 2.12. The third kappa shape index (κ3) is 3.76. The van der Waals surface area contributed by atoms with Gasteiger partial charge in [0.25, 0.3) is 0 Å². The Morgan fingerprint density at radius 3 is 2.47 bits per heavy atom. The summed E-state index contributed by atoms with van der Waals surface area (Å²) in [5.41, 5.74) is 3.17. The molecule has 3 nitrogen and oxygen atoms in total. The largest absolute Gasteiger partial charge is 0.378 e. The predicted molar refractivity (Wildman–Crippen MR) is 83.5 cm³/mol. The van der Waals surface area contributed by atoms with Gasteiger partial charge in [0.05, 0.1) is 12.2 Å². The first-order chi connectivity index (χ1) is 9.16. The maximum atomic E-state index is 5.38. The van der Waals surface area contributed by atoms with E-state index in [2.05, 4.69) is 27.3 Å². The van der Waals surface area contributed by atoms with Crippen molar-refractivity contribution in [3.63, 3.8) is 0 Å². The molecule has 0 radical (unpaired) electrons. The van der Waals surface area contributed by atoms with Crippen LogP contribution in [-0.4, -0.2) is 24.1 Å². The van der Waals surface area contributed by atoms with Crippen LogP contribution in [-0.2, 0) is 6.54 Å². The van der Waals surface area contributed by atoms with E-state index in [1.165, 1.54) is 0 Å². The number of hydrogen-bond acceptors (Lipinski definition) is 3. The van der Waals surface area contributed by atoms with E-state index >= 15 is 0 Å². The van der Waals surface area contributed by atoms with Gasteiger partial charge in [0, 0.05) is 31.5 Å². The Hall–Kier alpha value is -1.94. The van der Waals surface area contributed by atoms with E-state index in [1.54, 1.807) is 6.20 Å². The van der Waals surface area contributed by atoms with E-state index < -0.39 is 0 Å². The number of benzene rings is 1. The summed E-state index contributed by atoms with van der Waals surface area (Å²) in [6.45, 7) is 0.648. The Balaban J connectivity index is 1.96. The number of thiocarbonyl (C=S) groups is 1. The van der Waals surface area contributed by atoms with Crippen LogP contribution in [0.25, 0.3) is 0 Å². The standard InChI is InChI=1S/C15H17N3S/c1-18(2)14-8-6-12(7-9-14)15(19)17-11-13-5-3-4-10-16-13/h3-10H,11H2,1-2H3,(H,17,19). The van der Waals surface area contributed by atoms with Crippen molar-refractivity contribution in [1.29, 1.82) is 0 Å². The normalized spacial score (nSPS) is 10.0. The lowest BCUT2D eigenvalue weighted by Gasteiger charge is -2.13. The Bertz CT molecular complexity index is 535. The zero-order chi connectivity index (χ0) is 13.7. The van der Waals surface area contributed by atoms with Crippen LogP contribution >= 0.6 is 12.2 Å². The van der Waals surface area contributed by atoms with E-state index in [9.17, 15) is 0 Å². The first kappa shape index (κ1) is 13.5. The second-order valence-corrected chi connectivity index (χ2v) is 4.85. The molecule has 0 aliphatic heterocycles. The van der Waals surface area contributed by atoms with Crippen molar-refractivity contribution in [2.24, 2.45) is 0 Å². The van der Waals surface area contributed by atoms with Gasteiger partial charge in [0.2, 0.25) is 0 Å². The molecule has 1 heterocycles. The zero-order valence-electron chi connectivity index (χ0n) is 11.1. The fraction of sp³-hybridized carbons (Fsp3) is 0.200. The predicted octanol–water partition coefficient (Wildman–Crippen LogP) is 2.61. The van der Waals surface area contributed by atoms with Gasteiger partial charge in [-0.05, 0) is 36.4 Å². The zero-order valence-corrected chi connectivity index (χ0v) is 11.9. The number of anilines is 1. The second-order valence-electron chi connectivity index (χ2n) is 4.45. The fourth-order valence-electron chi connectivity index (χ4n) is 1.69. The van der Waals surface area contributed by atoms with E-state index in [4.69, 9.17) is 12.2 Å². The van der Waals surface area contributed by atoms with Crippen molar-refractivity contribution in [1.82, 2.24) is 10.3 Å². The molecular formula is C15H17N3S. The van der Waals surface area contributed by atoms with Crippen LogP contribution in [0.15, 0.2) is 48.7 Å². The van der Waals surface area contributed by atoms with Crippen molar-refractivity contribution in [3.05, 3.63) is 59.9 Å². The first-order valence-electron chi connectivity index (χ1n) is 6.12. The third-order valence-corrected chi connectivity index (χ3v) is 3.18. The molecule has 0 aliphatic carbocycles. The molecule has 98 valence electrons. The van der Waals surface area contributed by atoms with Crippen molar-refractivity contribution >= 4 is 22.9 Å². The molecule has 1 aromatic heterocycles. The highest BCUT2D eigenvalue weighted by Gasteiger charge is 2.02. The summed E-state index contributed by atoms with van der Waals surface area (Å²) in [6.07, 6.45) is 1.78. The van der Waals surface area contributed by atoms with Crippen LogP contribution in [0.2, 0.25) is 0 Å². The molecule has 4 heteroatoms. The Morgan fingerprint density at radius 2 is 1.89 bits per heavy atom. The molecule has 0 saturated heterocycles. The third-order valence-electron chi connectivity index (χ3n) is 2.80. The van der Waals surface area contributed by atoms with Gasteiger partial charge in [0.15, 0.2) is 0 Å². The summed E-state index contributed by atoms with van der Waals surface area (Å²) in [5.74, 6) is 0. The van der Waals surface area contributed by atoms with Crippen LogP contribution in [0.3, 0.4) is 0 Å². The molecule has 0 aliphatic rings. The number of rotatable bonds is 4. The number of nitrogens with one attached hydrogen (secondary N) is 1. The first-order valence-corrected chi connectivity index (χ1v) is 6.53. The summed E-state index contributed by atoms with van der Waals surface area (Å²) >= 11 is 5.38. The van der Waals surface area contributed by atoms with E-state index in [1.807, 2.05) is 44.4 Å². The Kier molecular flexibility index (Phi) is 4.47. The van der Waals surface area contributed by atoms with E-state index in [-0.39, 0.29) is 0 Å². The lowest BCUT2D eigenvalue weighted by Crippen LogP contribution is -2.22. The summed E-state index contributed by atoms with van der Waals surface area (Å²) in [7, 11) is 4.04.